The molecule has 0 radical (unpaired) electrons. The molecule has 0 nitrogen and oxygen atoms in total. The zero-order chi connectivity index (χ0) is 8.15. The van der Waals surface area contributed by atoms with Crippen molar-refractivity contribution in [2.75, 3.05) is 0 Å². The van der Waals surface area contributed by atoms with Crippen LogP contribution in [0, 0.1) is 5.92 Å². The molecule has 58 valence electrons. The summed E-state index contributed by atoms with van der Waals surface area (Å²) in [5.74, 6) is 0.289. The summed E-state index contributed by atoms with van der Waals surface area (Å²) in [6.45, 7) is 7.73. The molecule has 0 aromatic rings. The van der Waals surface area contributed by atoms with E-state index in [0.717, 1.165) is 5.57 Å². The van der Waals surface area contributed by atoms with Gasteiger partial charge in [-0.15, -0.1) is 0 Å². The highest BCUT2D eigenvalue weighted by Gasteiger charge is 1.95. The summed E-state index contributed by atoms with van der Waals surface area (Å²) < 4.78 is 12.5. The third kappa shape index (κ3) is 3.44. The Labute approximate surface area is 62.4 Å². The SMILES string of the molecule is C/C=C(F)\C=C(\C)C(C)C. The molecular formula is C9H15F. The van der Waals surface area contributed by atoms with Gasteiger partial charge in [0.1, 0.15) is 5.83 Å². The monoisotopic (exact) mass is 142 g/mol. The summed E-state index contributed by atoms with van der Waals surface area (Å²) in [6.07, 6.45) is 3.04. The maximum Gasteiger partial charge on any atom is 0.118 e. The number of hydrogen-bond donors (Lipinski definition) is 0. The van der Waals surface area contributed by atoms with Gasteiger partial charge < -0.3 is 0 Å². The molecule has 0 spiro atoms. The van der Waals surface area contributed by atoms with Gasteiger partial charge in [-0.05, 0) is 25.8 Å². The highest BCUT2D eigenvalue weighted by molar-refractivity contribution is 5.16. The highest BCUT2D eigenvalue weighted by Crippen LogP contribution is 2.11. The van der Waals surface area contributed by atoms with Crippen LogP contribution in [0.5, 0.6) is 0 Å². The lowest BCUT2D eigenvalue weighted by atomic mass is 10.1. The maximum atomic E-state index is 12.5. The van der Waals surface area contributed by atoms with Crippen LogP contribution in [-0.2, 0) is 0 Å². The van der Waals surface area contributed by atoms with Crippen molar-refractivity contribution in [2.24, 2.45) is 5.92 Å². The van der Waals surface area contributed by atoms with Gasteiger partial charge in [0.2, 0.25) is 0 Å². The molecule has 0 atom stereocenters. The van der Waals surface area contributed by atoms with Gasteiger partial charge >= 0.3 is 0 Å². The molecule has 0 aliphatic carbocycles. The van der Waals surface area contributed by atoms with Crippen LogP contribution in [0.1, 0.15) is 27.7 Å². The van der Waals surface area contributed by atoms with E-state index >= 15 is 0 Å². The fourth-order valence-electron chi connectivity index (χ4n) is 0.467. The van der Waals surface area contributed by atoms with E-state index in [1.807, 2.05) is 6.92 Å². The Bertz CT molecular complexity index is 152. The molecule has 0 saturated carbocycles. The minimum atomic E-state index is -0.147. The molecule has 0 aromatic heterocycles. The lowest BCUT2D eigenvalue weighted by Gasteiger charge is -2.02. The average Bonchev–Trinajstić information content (AvgIpc) is 1.87. The Hall–Kier alpha value is -0.590. The summed E-state index contributed by atoms with van der Waals surface area (Å²) in [4.78, 5) is 0. The average molecular weight is 142 g/mol. The predicted octanol–water partition coefficient (Wildman–Crippen LogP) is 3.46. The topological polar surface area (TPSA) is 0 Å². The Morgan fingerprint density at radius 3 is 2.20 bits per heavy atom. The number of allylic oxidation sites excluding steroid dienone is 4. The molecule has 0 unspecified atom stereocenters. The lowest BCUT2D eigenvalue weighted by molar-refractivity contribution is 0.655. The van der Waals surface area contributed by atoms with Gasteiger partial charge in [0, 0.05) is 0 Å². The lowest BCUT2D eigenvalue weighted by Crippen LogP contribution is -1.87. The van der Waals surface area contributed by atoms with E-state index in [1.54, 1.807) is 13.0 Å². The zero-order valence-corrected chi connectivity index (χ0v) is 7.11. The standard InChI is InChI=1S/C9H15F/c1-5-9(10)6-8(4)7(2)3/h5-7H,1-4H3/b8-6-,9-5+. The highest BCUT2D eigenvalue weighted by atomic mass is 19.1. The first kappa shape index (κ1) is 9.41. The fraction of sp³-hybridized carbons (Fsp3) is 0.556. The third-order valence-electron chi connectivity index (χ3n) is 1.55. The molecule has 0 aliphatic rings. The molecule has 0 saturated heterocycles. The third-order valence-corrected chi connectivity index (χ3v) is 1.55. The molecule has 0 heterocycles. The molecule has 0 aliphatic heterocycles. The van der Waals surface area contributed by atoms with Crippen molar-refractivity contribution >= 4 is 0 Å². The van der Waals surface area contributed by atoms with Gasteiger partial charge in [0.25, 0.3) is 0 Å². The van der Waals surface area contributed by atoms with Crippen molar-refractivity contribution in [3.63, 3.8) is 0 Å². The minimum absolute atomic E-state index is 0.147. The number of hydrogen-bond acceptors (Lipinski definition) is 0. The second-order valence-electron chi connectivity index (χ2n) is 2.72. The minimum Gasteiger partial charge on any atom is -0.207 e. The number of halogens is 1. The second kappa shape index (κ2) is 4.26. The van der Waals surface area contributed by atoms with E-state index in [4.69, 9.17) is 0 Å². The van der Waals surface area contributed by atoms with Gasteiger partial charge in [-0.2, -0.15) is 0 Å². The second-order valence-corrected chi connectivity index (χ2v) is 2.72. The van der Waals surface area contributed by atoms with Crippen LogP contribution >= 0.6 is 0 Å². The van der Waals surface area contributed by atoms with Crippen LogP contribution in [0.25, 0.3) is 0 Å². The first-order valence-electron chi connectivity index (χ1n) is 3.58. The summed E-state index contributed by atoms with van der Waals surface area (Å²) >= 11 is 0. The molecule has 10 heavy (non-hydrogen) atoms. The normalized spacial score (nSPS) is 14.6. The molecule has 0 aromatic carbocycles. The Balaban J connectivity index is 4.17. The van der Waals surface area contributed by atoms with Gasteiger partial charge in [0.05, 0.1) is 0 Å². The van der Waals surface area contributed by atoms with Crippen LogP contribution < -0.4 is 0 Å². The first-order valence-corrected chi connectivity index (χ1v) is 3.58. The largest absolute Gasteiger partial charge is 0.207 e. The fourth-order valence-corrected chi connectivity index (χ4v) is 0.467. The van der Waals surface area contributed by atoms with Crippen molar-refractivity contribution in [3.8, 4) is 0 Å². The van der Waals surface area contributed by atoms with Gasteiger partial charge in [-0.25, -0.2) is 4.39 Å². The smallest absolute Gasteiger partial charge is 0.118 e. The van der Waals surface area contributed by atoms with Crippen LogP contribution in [0.15, 0.2) is 23.6 Å². The van der Waals surface area contributed by atoms with Crippen LogP contribution in [0.2, 0.25) is 0 Å². The Kier molecular flexibility index (Phi) is 4.01. The van der Waals surface area contributed by atoms with Crippen molar-refractivity contribution in [3.05, 3.63) is 23.6 Å². The maximum absolute atomic E-state index is 12.5. The van der Waals surface area contributed by atoms with Crippen molar-refractivity contribution in [1.82, 2.24) is 0 Å². The van der Waals surface area contributed by atoms with E-state index in [2.05, 4.69) is 13.8 Å². The first-order chi connectivity index (χ1) is 4.57. The number of rotatable bonds is 2. The molecule has 0 rings (SSSR count). The van der Waals surface area contributed by atoms with E-state index < -0.39 is 0 Å². The van der Waals surface area contributed by atoms with E-state index in [9.17, 15) is 4.39 Å². The zero-order valence-electron chi connectivity index (χ0n) is 7.11. The molecule has 0 amide bonds. The van der Waals surface area contributed by atoms with Crippen molar-refractivity contribution in [1.29, 1.82) is 0 Å². The summed E-state index contributed by atoms with van der Waals surface area (Å²) in [7, 11) is 0. The van der Waals surface area contributed by atoms with Crippen LogP contribution in [0.3, 0.4) is 0 Å². The van der Waals surface area contributed by atoms with E-state index in [1.165, 1.54) is 6.08 Å². The molecule has 0 N–H and O–H groups in total. The van der Waals surface area contributed by atoms with Crippen LogP contribution in [0.4, 0.5) is 4.39 Å². The molecule has 0 fully saturated rings. The van der Waals surface area contributed by atoms with Gasteiger partial charge in [-0.3, -0.25) is 0 Å². The molecule has 1 heteroatoms. The molecule has 0 bridgehead atoms. The summed E-state index contributed by atoms with van der Waals surface area (Å²) in [5, 5.41) is 0. The van der Waals surface area contributed by atoms with Gasteiger partial charge in [0.15, 0.2) is 0 Å². The van der Waals surface area contributed by atoms with Gasteiger partial charge in [-0.1, -0.05) is 25.5 Å². The van der Waals surface area contributed by atoms with E-state index in [-0.39, 0.29) is 5.83 Å². The van der Waals surface area contributed by atoms with Crippen molar-refractivity contribution < 1.29 is 4.39 Å². The van der Waals surface area contributed by atoms with E-state index in [0.29, 0.717) is 5.92 Å². The van der Waals surface area contributed by atoms with Crippen LogP contribution in [-0.4, -0.2) is 0 Å². The summed E-state index contributed by atoms with van der Waals surface area (Å²) in [5.41, 5.74) is 1.08. The quantitative estimate of drug-likeness (QED) is 0.518. The predicted molar refractivity (Wildman–Crippen MR) is 43.5 cm³/mol. The van der Waals surface area contributed by atoms with Crippen molar-refractivity contribution in [2.45, 2.75) is 27.7 Å². The molecular weight excluding hydrogens is 127 g/mol. The Morgan fingerprint density at radius 1 is 1.40 bits per heavy atom. The Morgan fingerprint density at radius 2 is 1.90 bits per heavy atom. The summed E-state index contributed by atoms with van der Waals surface area (Å²) in [6, 6.07) is 0.